The first kappa shape index (κ1) is 24.3. The van der Waals surface area contributed by atoms with Crippen LogP contribution in [0.4, 0.5) is 24.7 Å². The van der Waals surface area contributed by atoms with E-state index in [1.54, 1.807) is 7.11 Å². The van der Waals surface area contributed by atoms with E-state index in [1.807, 2.05) is 41.3 Å². The molecule has 1 aliphatic rings. The lowest BCUT2D eigenvalue weighted by molar-refractivity contribution is -0.137. The normalized spacial score (nSPS) is 16.0. The highest BCUT2D eigenvalue weighted by atomic mass is 19.4. The molecule has 0 spiro atoms. The van der Waals surface area contributed by atoms with E-state index in [0.717, 1.165) is 29.9 Å². The first-order chi connectivity index (χ1) is 16.8. The molecule has 1 atom stereocenters. The van der Waals surface area contributed by atoms with Gasteiger partial charge >= 0.3 is 6.18 Å². The van der Waals surface area contributed by atoms with Crippen molar-refractivity contribution in [1.82, 2.24) is 10.2 Å². The number of piperidine rings is 1. The van der Waals surface area contributed by atoms with Crippen LogP contribution in [0.5, 0.6) is 11.5 Å². The van der Waals surface area contributed by atoms with Crippen molar-refractivity contribution in [3.8, 4) is 22.8 Å². The Morgan fingerprint density at radius 1 is 1.03 bits per heavy atom. The molecule has 1 amide bonds. The first-order valence-electron chi connectivity index (χ1n) is 11.1. The average Bonchev–Trinajstić information content (AvgIpc) is 2.88. The SMILES string of the molecule is COc1ccc(-c2ccc(N3CCCC(C(=O)Nc4cc(C(F)(F)F)ccc4OC)C3)nn2)cc1. The number of carbonyl (C=O) groups is 1. The monoisotopic (exact) mass is 486 g/mol. The quantitative estimate of drug-likeness (QED) is 0.527. The van der Waals surface area contributed by atoms with Crippen molar-refractivity contribution in [3.05, 3.63) is 60.2 Å². The van der Waals surface area contributed by atoms with Gasteiger partial charge < -0.3 is 19.7 Å². The van der Waals surface area contributed by atoms with Gasteiger partial charge in [-0.3, -0.25) is 4.79 Å². The van der Waals surface area contributed by atoms with Crippen molar-refractivity contribution in [2.75, 3.05) is 37.5 Å². The van der Waals surface area contributed by atoms with E-state index >= 15 is 0 Å². The number of benzene rings is 2. The van der Waals surface area contributed by atoms with Crippen molar-refractivity contribution >= 4 is 17.4 Å². The molecule has 0 radical (unpaired) electrons. The molecule has 1 aromatic heterocycles. The van der Waals surface area contributed by atoms with Crippen molar-refractivity contribution in [1.29, 1.82) is 0 Å². The summed E-state index contributed by atoms with van der Waals surface area (Å²) in [4.78, 5) is 14.9. The summed E-state index contributed by atoms with van der Waals surface area (Å²) in [7, 11) is 2.95. The molecule has 4 rings (SSSR count). The summed E-state index contributed by atoms with van der Waals surface area (Å²) in [6.07, 6.45) is -3.18. The van der Waals surface area contributed by atoms with Gasteiger partial charge in [-0.2, -0.15) is 13.2 Å². The summed E-state index contributed by atoms with van der Waals surface area (Å²) < 4.78 is 49.7. The zero-order valence-electron chi connectivity index (χ0n) is 19.3. The van der Waals surface area contributed by atoms with E-state index in [4.69, 9.17) is 9.47 Å². The Morgan fingerprint density at radius 2 is 1.80 bits per heavy atom. The molecule has 2 aromatic carbocycles. The van der Waals surface area contributed by atoms with Gasteiger partial charge in [0.15, 0.2) is 5.82 Å². The maximum absolute atomic E-state index is 13.1. The van der Waals surface area contributed by atoms with Crippen LogP contribution in [0.2, 0.25) is 0 Å². The number of alkyl halides is 3. The summed E-state index contributed by atoms with van der Waals surface area (Å²) in [5.41, 5.74) is 0.745. The Labute approximate surface area is 200 Å². The standard InChI is InChI=1S/C25H25F3N4O3/c1-34-19-8-5-16(6-9-19)20-10-12-23(31-30-20)32-13-3-4-17(15-32)24(33)29-21-14-18(25(26,27)28)7-11-22(21)35-2/h5-12,14,17H,3-4,13,15H2,1-2H3,(H,29,33). The molecule has 1 aliphatic heterocycles. The number of anilines is 2. The molecule has 1 N–H and O–H groups in total. The number of rotatable bonds is 6. The van der Waals surface area contributed by atoms with Crippen LogP contribution < -0.4 is 19.7 Å². The second-order valence-corrected chi connectivity index (χ2v) is 8.19. The molecule has 3 aromatic rings. The molecule has 1 fully saturated rings. The Balaban J connectivity index is 1.45. The van der Waals surface area contributed by atoms with Gasteiger partial charge in [-0.05, 0) is 67.4 Å². The predicted molar refractivity (Wildman–Crippen MR) is 126 cm³/mol. The van der Waals surface area contributed by atoms with E-state index in [2.05, 4.69) is 15.5 Å². The minimum atomic E-state index is -4.52. The largest absolute Gasteiger partial charge is 0.497 e. The Bertz CT molecular complexity index is 1170. The summed E-state index contributed by atoms with van der Waals surface area (Å²) in [6, 6.07) is 14.2. The first-order valence-corrected chi connectivity index (χ1v) is 11.1. The third kappa shape index (κ3) is 5.64. The van der Waals surface area contributed by atoms with Crippen LogP contribution in [0.1, 0.15) is 18.4 Å². The van der Waals surface area contributed by atoms with Gasteiger partial charge in [0.05, 0.1) is 37.1 Å². The number of halogens is 3. The summed E-state index contributed by atoms with van der Waals surface area (Å²) in [5.74, 6) is 0.760. The van der Waals surface area contributed by atoms with Gasteiger partial charge in [-0.15, -0.1) is 10.2 Å². The molecule has 1 saturated heterocycles. The van der Waals surface area contributed by atoms with Crippen LogP contribution in [0, 0.1) is 5.92 Å². The molecule has 0 bridgehead atoms. The summed E-state index contributed by atoms with van der Waals surface area (Å²) >= 11 is 0. The molecule has 2 heterocycles. The lowest BCUT2D eigenvalue weighted by atomic mass is 9.97. The lowest BCUT2D eigenvalue weighted by Crippen LogP contribution is -2.41. The zero-order chi connectivity index (χ0) is 25.0. The van der Waals surface area contributed by atoms with Crippen LogP contribution in [-0.2, 0) is 11.0 Å². The third-order valence-corrected chi connectivity index (χ3v) is 5.94. The smallest absolute Gasteiger partial charge is 0.416 e. The zero-order valence-corrected chi connectivity index (χ0v) is 19.3. The Hall–Kier alpha value is -3.82. The van der Waals surface area contributed by atoms with Crippen molar-refractivity contribution in [2.45, 2.75) is 19.0 Å². The molecule has 0 saturated carbocycles. The molecule has 184 valence electrons. The van der Waals surface area contributed by atoms with E-state index < -0.39 is 17.7 Å². The summed E-state index contributed by atoms with van der Waals surface area (Å²) in [5, 5.41) is 11.3. The highest BCUT2D eigenvalue weighted by Crippen LogP contribution is 2.35. The number of ether oxygens (including phenoxy) is 2. The summed E-state index contributed by atoms with van der Waals surface area (Å²) in [6.45, 7) is 1.08. The van der Waals surface area contributed by atoms with E-state index in [1.165, 1.54) is 13.2 Å². The van der Waals surface area contributed by atoms with Crippen LogP contribution in [0.15, 0.2) is 54.6 Å². The second-order valence-electron chi connectivity index (χ2n) is 8.19. The number of amides is 1. The van der Waals surface area contributed by atoms with Crippen LogP contribution in [-0.4, -0.2) is 43.4 Å². The van der Waals surface area contributed by atoms with Crippen LogP contribution >= 0.6 is 0 Å². The number of nitrogens with zero attached hydrogens (tertiary/aromatic N) is 3. The van der Waals surface area contributed by atoms with Gasteiger partial charge in [0, 0.05) is 18.7 Å². The topological polar surface area (TPSA) is 76.6 Å². The van der Waals surface area contributed by atoms with Crippen molar-refractivity contribution < 1.29 is 27.4 Å². The lowest BCUT2D eigenvalue weighted by Gasteiger charge is -2.32. The number of hydrogen-bond donors (Lipinski definition) is 1. The minimum Gasteiger partial charge on any atom is -0.497 e. The Kier molecular flexibility index (Phi) is 7.09. The van der Waals surface area contributed by atoms with Crippen LogP contribution in [0.3, 0.4) is 0 Å². The molecule has 10 heteroatoms. The van der Waals surface area contributed by atoms with Crippen molar-refractivity contribution in [2.24, 2.45) is 5.92 Å². The number of hydrogen-bond acceptors (Lipinski definition) is 6. The fourth-order valence-corrected chi connectivity index (χ4v) is 4.03. The highest BCUT2D eigenvalue weighted by molar-refractivity contribution is 5.94. The molecule has 1 unspecified atom stereocenters. The van der Waals surface area contributed by atoms with Gasteiger partial charge in [-0.1, -0.05) is 0 Å². The molecule has 0 aliphatic carbocycles. The van der Waals surface area contributed by atoms with Gasteiger partial charge in [0.25, 0.3) is 0 Å². The fourth-order valence-electron chi connectivity index (χ4n) is 4.03. The molecule has 35 heavy (non-hydrogen) atoms. The third-order valence-electron chi connectivity index (χ3n) is 5.94. The molecular weight excluding hydrogens is 461 g/mol. The predicted octanol–water partition coefficient (Wildman–Crippen LogP) is 5.03. The number of carbonyl (C=O) groups excluding carboxylic acids is 1. The molecular formula is C25H25F3N4O3. The number of nitrogens with one attached hydrogen (secondary N) is 1. The van der Waals surface area contributed by atoms with Gasteiger partial charge in [0.1, 0.15) is 11.5 Å². The highest BCUT2D eigenvalue weighted by Gasteiger charge is 2.32. The maximum Gasteiger partial charge on any atom is 0.416 e. The maximum atomic E-state index is 13.1. The van der Waals surface area contributed by atoms with E-state index in [0.29, 0.717) is 31.0 Å². The van der Waals surface area contributed by atoms with Gasteiger partial charge in [-0.25, -0.2) is 0 Å². The van der Waals surface area contributed by atoms with E-state index in [-0.39, 0.29) is 17.3 Å². The van der Waals surface area contributed by atoms with Gasteiger partial charge in [0.2, 0.25) is 5.91 Å². The van der Waals surface area contributed by atoms with Crippen LogP contribution in [0.25, 0.3) is 11.3 Å². The molecule has 7 nitrogen and oxygen atoms in total. The minimum absolute atomic E-state index is 0.00640. The second kappa shape index (κ2) is 10.2. The van der Waals surface area contributed by atoms with E-state index in [9.17, 15) is 18.0 Å². The fraction of sp³-hybridized carbons (Fsp3) is 0.320. The number of aromatic nitrogens is 2. The number of methoxy groups -OCH3 is 2. The Morgan fingerprint density at radius 3 is 2.43 bits per heavy atom. The van der Waals surface area contributed by atoms with Crippen molar-refractivity contribution in [3.63, 3.8) is 0 Å². The average molecular weight is 486 g/mol.